The number of hydrogen-bond acceptors (Lipinski definition) is 4. The summed E-state index contributed by atoms with van der Waals surface area (Å²) in [5.41, 5.74) is 5.81. The zero-order chi connectivity index (χ0) is 24.8. The first-order valence-electron chi connectivity index (χ1n) is 13.0. The van der Waals surface area contributed by atoms with Crippen molar-refractivity contribution in [3.63, 3.8) is 0 Å². The third-order valence-corrected chi connectivity index (χ3v) is 7.55. The number of rotatable bonds is 10. The topological polar surface area (TPSA) is 58.6 Å². The zero-order valence-corrected chi connectivity index (χ0v) is 21.3. The van der Waals surface area contributed by atoms with E-state index in [0.29, 0.717) is 0 Å². The normalized spacial score (nSPS) is 19.5. The van der Waals surface area contributed by atoms with Gasteiger partial charge in [-0.25, -0.2) is 0 Å². The van der Waals surface area contributed by atoms with Crippen molar-refractivity contribution in [2.75, 3.05) is 7.11 Å². The Hall–Kier alpha value is -2.92. The van der Waals surface area contributed by atoms with Crippen LogP contribution in [0.5, 0.6) is 0 Å². The molecule has 2 aromatic carbocycles. The lowest BCUT2D eigenvalue weighted by Gasteiger charge is -2.36. The maximum atomic E-state index is 13.7. The Bertz CT molecular complexity index is 1060. The molecule has 2 aromatic rings. The fourth-order valence-electron chi connectivity index (χ4n) is 5.61. The first kappa shape index (κ1) is 25.2. The van der Waals surface area contributed by atoms with E-state index in [2.05, 4.69) is 60.5 Å². The molecule has 35 heavy (non-hydrogen) atoms. The highest BCUT2D eigenvalue weighted by molar-refractivity contribution is 5.98. The summed E-state index contributed by atoms with van der Waals surface area (Å²) in [6, 6.07) is 18.6. The van der Waals surface area contributed by atoms with E-state index in [0.717, 1.165) is 56.1 Å². The highest BCUT2D eigenvalue weighted by Crippen LogP contribution is 2.38. The standard InChI is InChI=1S/C30H38N2O3/c1-4-23-14-8-9-15-24(23)27(20-28(33)35-3)31-29-25-16-10-11-17-26(25)30(34)32(29)21(2)18-19-22-12-6-5-7-13-22/h5-9,12-15,21,27,29,31H,4,10-11,16-20H2,1-3H3/t21-,27+,29+/m1/s1. The van der Waals surface area contributed by atoms with E-state index in [9.17, 15) is 9.59 Å². The highest BCUT2D eigenvalue weighted by Gasteiger charge is 2.42. The van der Waals surface area contributed by atoms with Gasteiger partial charge in [-0.3, -0.25) is 14.9 Å². The summed E-state index contributed by atoms with van der Waals surface area (Å²) in [5, 5.41) is 3.78. The fourth-order valence-corrected chi connectivity index (χ4v) is 5.61. The van der Waals surface area contributed by atoms with Crippen LogP contribution in [0.1, 0.15) is 75.1 Å². The molecule has 5 nitrogen and oxygen atoms in total. The number of carbonyl (C=O) groups excluding carboxylic acids is 2. The number of carbonyl (C=O) groups is 2. The molecule has 1 aliphatic heterocycles. The van der Waals surface area contributed by atoms with E-state index in [1.807, 2.05) is 18.2 Å². The molecule has 0 bridgehead atoms. The van der Waals surface area contributed by atoms with E-state index in [1.165, 1.54) is 23.8 Å². The Morgan fingerprint density at radius 2 is 1.80 bits per heavy atom. The molecule has 186 valence electrons. The summed E-state index contributed by atoms with van der Waals surface area (Å²) >= 11 is 0. The van der Waals surface area contributed by atoms with Gasteiger partial charge in [-0.05, 0) is 74.1 Å². The van der Waals surface area contributed by atoms with Crippen molar-refractivity contribution in [1.29, 1.82) is 0 Å². The molecule has 2 aliphatic rings. The molecule has 0 unspecified atom stereocenters. The van der Waals surface area contributed by atoms with Crippen LogP contribution in [0.25, 0.3) is 0 Å². The third kappa shape index (κ3) is 5.67. The summed E-state index contributed by atoms with van der Waals surface area (Å²) in [4.78, 5) is 28.1. The van der Waals surface area contributed by atoms with Crippen LogP contribution in [-0.2, 0) is 27.2 Å². The molecular weight excluding hydrogens is 436 g/mol. The lowest BCUT2D eigenvalue weighted by atomic mass is 9.91. The van der Waals surface area contributed by atoms with Crippen LogP contribution < -0.4 is 5.32 Å². The molecular formula is C30H38N2O3. The maximum Gasteiger partial charge on any atom is 0.307 e. The zero-order valence-electron chi connectivity index (χ0n) is 21.3. The maximum absolute atomic E-state index is 13.7. The van der Waals surface area contributed by atoms with Crippen LogP contribution in [0.2, 0.25) is 0 Å². The van der Waals surface area contributed by atoms with Gasteiger partial charge in [0.2, 0.25) is 0 Å². The minimum Gasteiger partial charge on any atom is -0.469 e. The van der Waals surface area contributed by atoms with E-state index < -0.39 is 0 Å². The van der Waals surface area contributed by atoms with Gasteiger partial charge in [-0.1, -0.05) is 61.5 Å². The van der Waals surface area contributed by atoms with Crippen molar-refractivity contribution >= 4 is 11.9 Å². The summed E-state index contributed by atoms with van der Waals surface area (Å²) < 4.78 is 5.06. The summed E-state index contributed by atoms with van der Waals surface area (Å²) in [6.07, 6.45) is 6.68. The van der Waals surface area contributed by atoms with E-state index in [4.69, 9.17) is 4.74 Å². The van der Waals surface area contributed by atoms with E-state index >= 15 is 0 Å². The SMILES string of the molecule is CCc1ccccc1[C@H](CC(=O)OC)N[C@@H]1C2=C(CCCC2)C(=O)N1[C@H](C)CCc1ccccc1. The number of esters is 1. The van der Waals surface area contributed by atoms with Gasteiger partial charge >= 0.3 is 5.97 Å². The molecule has 0 saturated heterocycles. The van der Waals surface area contributed by atoms with Crippen molar-refractivity contribution < 1.29 is 14.3 Å². The Morgan fingerprint density at radius 3 is 2.54 bits per heavy atom. The molecule has 0 spiro atoms. The Labute approximate surface area is 209 Å². The van der Waals surface area contributed by atoms with Crippen molar-refractivity contribution in [3.05, 3.63) is 82.4 Å². The fraction of sp³-hybridized carbons (Fsp3) is 0.467. The lowest BCUT2D eigenvalue weighted by molar-refractivity contribution is -0.141. The Balaban J connectivity index is 1.63. The summed E-state index contributed by atoms with van der Waals surface area (Å²) in [5.74, 6) is -0.0855. The van der Waals surface area contributed by atoms with Crippen LogP contribution >= 0.6 is 0 Å². The smallest absolute Gasteiger partial charge is 0.307 e. The van der Waals surface area contributed by atoms with Crippen molar-refractivity contribution in [1.82, 2.24) is 10.2 Å². The van der Waals surface area contributed by atoms with Crippen LogP contribution in [0.4, 0.5) is 0 Å². The van der Waals surface area contributed by atoms with Crippen molar-refractivity contribution in [2.24, 2.45) is 0 Å². The third-order valence-electron chi connectivity index (χ3n) is 7.55. The quantitative estimate of drug-likeness (QED) is 0.462. The van der Waals surface area contributed by atoms with Crippen LogP contribution in [-0.4, -0.2) is 36.1 Å². The molecule has 0 saturated carbocycles. The number of hydrogen-bond donors (Lipinski definition) is 1. The second kappa shape index (κ2) is 11.7. The number of ether oxygens (including phenoxy) is 1. The van der Waals surface area contributed by atoms with Crippen LogP contribution in [0, 0.1) is 0 Å². The number of amides is 1. The number of nitrogens with one attached hydrogen (secondary N) is 1. The lowest BCUT2D eigenvalue weighted by Crippen LogP contribution is -2.51. The molecule has 1 amide bonds. The molecule has 3 atom stereocenters. The molecule has 1 aliphatic carbocycles. The minimum absolute atomic E-state index is 0.0750. The second-order valence-electron chi connectivity index (χ2n) is 9.75. The second-order valence-corrected chi connectivity index (χ2v) is 9.75. The molecule has 0 fully saturated rings. The van der Waals surface area contributed by atoms with Gasteiger partial charge in [-0.2, -0.15) is 0 Å². The number of benzene rings is 2. The molecule has 1 heterocycles. The van der Waals surface area contributed by atoms with Gasteiger partial charge in [0.25, 0.3) is 5.91 Å². The van der Waals surface area contributed by atoms with Crippen LogP contribution in [0.3, 0.4) is 0 Å². The first-order chi connectivity index (χ1) is 17.0. The predicted molar refractivity (Wildman–Crippen MR) is 139 cm³/mol. The average Bonchev–Trinajstić information content (AvgIpc) is 3.18. The largest absolute Gasteiger partial charge is 0.469 e. The minimum atomic E-state index is -0.251. The van der Waals surface area contributed by atoms with Crippen LogP contribution in [0.15, 0.2) is 65.7 Å². The van der Waals surface area contributed by atoms with Gasteiger partial charge in [0.05, 0.1) is 13.5 Å². The van der Waals surface area contributed by atoms with Gasteiger partial charge in [0.15, 0.2) is 0 Å². The number of nitrogens with zero attached hydrogens (tertiary/aromatic N) is 1. The number of aryl methyl sites for hydroxylation is 2. The summed E-state index contributed by atoms with van der Waals surface area (Å²) in [6.45, 7) is 4.29. The van der Waals surface area contributed by atoms with Gasteiger partial charge in [-0.15, -0.1) is 0 Å². The average molecular weight is 475 g/mol. The first-order valence-corrected chi connectivity index (χ1v) is 13.0. The van der Waals surface area contributed by atoms with Gasteiger partial charge < -0.3 is 9.64 Å². The molecule has 0 radical (unpaired) electrons. The Kier molecular flexibility index (Phi) is 8.40. The molecule has 0 aromatic heterocycles. The van der Waals surface area contributed by atoms with E-state index in [1.54, 1.807) is 0 Å². The molecule has 4 rings (SSSR count). The Morgan fingerprint density at radius 1 is 1.09 bits per heavy atom. The van der Waals surface area contributed by atoms with Gasteiger partial charge in [0.1, 0.15) is 6.17 Å². The monoisotopic (exact) mass is 474 g/mol. The summed E-state index contributed by atoms with van der Waals surface area (Å²) in [7, 11) is 1.43. The van der Waals surface area contributed by atoms with Crippen molar-refractivity contribution in [3.8, 4) is 0 Å². The van der Waals surface area contributed by atoms with E-state index in [-0.39, 0.29) is 36.5 Å². The molecule has 1 N–H and O–H groups in total. The van der Waals surface area contributed by atoms with Gasteiger partial charge in [0, 0.05) is 17.7 Å². The predicted octanol–water partition coefficient (Wildman–Crippen LogP) is 5.50. The number of methoxy groups -OCH3 is 1. The molecule has 5 heteroatoms. The van der Waals surface area contributed by atoms with Crippen molar-refractivity contribution in [2.45, 2.75) is 83.5 Å². The highest BCUT2D eigenvalue weighted by atomic mass is 16.5.